The van der Waals surface area contributed by atoms with Gasteiger partial charge in [0.25, 0.3) is 0 Å². The van der Waals surface area contributed by atoms with E-state index in [0.717, 1.165) is 26.2 Å². The van der Waals surface area contributed by atoms with Crippen LogP contribution in [0.1, 0.15) is 38.5 Å². The Balaban J connectivity index is 1.50. The third-order valence-corrected chi connectivity index (χ3v) is 5.56. The van der Waals surface area contributed by atoms with Crippen LogP contribution in [0.3, 0.4) is 0 Å². The molecule has 0 aliphatic carbocycles. The summed E-state index contributed by atoms with van der Waals surface area (Å²) in [6.07, 6.45) is 7.78. The van der Waals surface area contributed by atoms with Gasteiger partial charge in [0.2, 0.25) is 5.91 Å². The van der Waals surface area contributed by atoms with Crippen LogP contribution >= 0.6 is 11.8 Å². The number of carbonyl (C=O) groups excluding carboxylic acids is 1. The van der Waals surface area contributed by atoms with Crippen LogP contribution in [0.15, 0.2) is 0 Å². The van der Waals surface area contributed by atoms with Crippen LogP contribution in [-0.4, -0.2) is 61.1 Å². The van der Waals surface area contributed by atoms with Crippen LogP contribution in [0.4, 0.5) is 0 Å². The number of hydrogen-bond acceptors (Lipinski definition) is 4. The molecule has 2 aliphatic heterocycles. The van der Waals surface area contributed by atoms with Crippen LogP contribution in [0.5, 0.6) is 0 Å². The number of likely N-dealkylation sites (tertiary alicyclic amines) is 1. The van der Waals surface area contributed by atoms with Crippen molar-refractivity contribution in [2.75, 3.05) is 45.0 Å². The van der Waals surface area contributed by atoms with Gasteiger partial charge in [0.15, 0.2) is 0 Å². The first-order valence-electron chi connectivity index (χ1n) is 8.16. The molecule has 2 saturated heterocycles. The maximum absolute atomic E-state index is 11.8. The summed E-state index contributed by atoms with van der Waals surface area (Å²) in [4.78, 5) is 14.3. The topological polar surface area (TPSA) is 44.4 Å². The Labute approximate surface area is 127 Å². The van der Waals surface area contributed by atoms with Gasteiger partial charge in [-0.25, -0.2) is 0 Å². The van der Waals surface area contributed by atoms with Gasteiger partial charge in [-0.3, -0.25) is 4.79 Å². The molecule has 5 heteroatoms. The zero-order chi connectivity index (χ0) is 14.0. The van der Waals surface area contributed by atoms with Gasteiger partial charge in [0.1, 0.15) is 0 Å². The summed E-state index contributed by atoms with van der Waals surface area (Å²) in [5.74, 6) is 0.841. The van der Waals surface area contributed by atoms with Crippen LogP contribution in [0.2, 0.25) is 0 Å². The highest BCUT2D eigenvalue weighted by Gasteiger charge is 2.15. The van der Waals surface area contributed by atoms with Gasteiger partial charge in [-0.05, 0) is 51.9 Å². The normalized spacial score (nSPS) is 22.4. The Morgan fingerprint density at radius 2 is 1.85 bits per heavy atom. The summed E-state index contributed by atoms with van der Waals surface area (Å²) < 4.78 is 0. The number of piperidine rings is 1. The lowest BCUT2D eigenvalue weighted by atomic mass is 10.2. The van der Waals surface area contributed by atoms with Gasteiger partial charge in [-0.15, -0.1) is 11.8 Å². The van der Waals surface area contributed by atoms with E-state index in [9.17, 15) is 4.79 Å². The molecule has 0 saturated carbocycles. The largest absolute Gasteiger partial charge is 0.354 e. The van der Waals surface area contributed by atoms with Gasteiger partial charge in [-0.1, -0.05) is 12.8 Å². The van der Waals surface area contributed by atoms with Crippen LogP contribution in [0, 0.1) is 0 Å². The number of nitrogens with zero attached hydrogens (tertiary/aromatic N) is 1. The van der Waals surface area contributed by atoms with E-state index in [-0.39, 0.29) is 5.91 Å². The third kappa shape index (κ3) is 6.46. The van der Waals surface area contributed by atoms with E-state index >= 15 is 0 Å². The van der Waals surface area contributed by atoms with Gasteiger partial charge in [0.05, 0.1) is 5.75 Å². The van der Waals surface area contributed by atoms with Crippen molar-refractivity contribution in [1.82, 2.24) is 15.5 Å². The maximum Gasteiger partial charge on any atom is 0.230 e. The molecule has 1 amide bonds. The zero-order valence-corrected chi connectivity index (χ0v) is 13.3. The average molecular weight is 299 g/mol. The van der Waals surface area contributed by atoms with E-state index in [0.29, 0.717) is 11.0 Å². The van der Waals surface area contributed by atoms with Gasteiger partial charge in [0, 0.05) is 18.3 Å². The number of carbonyl (C=O) groups is 1. The summed E-state index contributed by atoms with van der Waals surface area (Å²) in [6, 6.07) is 0. The summed E-state index contributed by atoms with van der Waals surface area (Å²) >= 11 is 1.83. The van der Waals surface area contributed by atoms with E-state index < -0.39 is 0 Å². The van der Waals surface area contributed by atoms with Crippen LogP contribution < -0.4 is 10.6 Å². The van der Waals surface area contributed by atoms with Crippen molar-refractivity contribution in [3.63, 3.8) is 0 Å². The number of rotatable bonds is 6. The summed E-state index contributed by atoms with van der Waals surface area (Å²) in [5, 5.41) is 7.11. The number of thioether (sulfide) groups is 1. The molecule has 0 aromatic heterocycles. The minimum atomic E-state index is 0.211. The van der Waals surface area contributed by atoms with Crippen molar-refractivity contribution in [2.24, 2.45) is 0 Å². The fraction of sp³-hybridized carbons (Fsp3) is 0.933. The van der Waals surface area contributed by atoms with Crippen LogP contribution in [-0.2, 0) is 4.79 Å². The van der Waals surface area contributed by atoms with E-state index in [4.69, 9.17) is 0 Å². The Bertz CT molecular complexity index is 274. The molecule has 0 unspecified atom stereocenters. The zero-order valence-electron chi connectivity index (χ0n) is 12.5. The Morgan fingerprint density at radius 1 is 1.15 bits per heavy atom. The summed E-state index contributed by atoms with van der Waals surface area (Å²) in [5.41, 5.74) is 0. The van der Waals surface area contributed by atoms with E-state index in [1.165, 1.54) is 51.6 Å². The van der Waals surface area contributed by atoms with Crippen molar-refractivity contribution < 1.29 is 4.79 Å². The van der Waals surface area contributed by atoms with Crippen LogP contribution in [0.25, 0.3) is 0 Å². The molecule has 0 aromatic carbocycles. The van der Waals surface area contributed by atoms with Crippen molar-refractivity contribution in [3.05, 3.63) is 0 Å². The SMILES string of the molecule is O=C(CSC1CCNCC1)NCCN1CCCCCC1. The molecule has 0 aromatic rings. The molecule has 2 fully saturated rings. The number of nitrogens with one attached hydrogen (secondary N) is 2. The second-order valence-electron chi connectivity index (χ2n) is 5.87. The predicted molar refractivity (Wildman–Crippen MR) is 86.3 cm³/mol. The number of amides is 1. The lowest BCUT2D eigenvalue weighted by molar-refractivity contribution is -0.118. The minimum Gasteiger partial charge on any atom is -0.354 e. The van der Waals surface area contributed by atoms with Crippen molar-refractivity contribution >= 4 is 17.7 Å². The quantitative estimate of drug-likeness (QED) is 0.779. The highest BCUT2D eigenvalue weighted by Crippen LogP contribution is 2.19. The summed E-state index contributed by atoms with van der Waals surface area (Å²) in [7, 11) is 0. The molecule has 0 spiro atoms. The van der Waals surface area contributed by atoms with E-state index in [2.05, 4.69) is 15.5 Å². The van der Waals surface area contributed by atoms with E-state index in [1.807, 2.05) is 11.8 Å². The average Bonchev–Trinajstić information content (AvgIpc) is 2.75. The Kier molecular flexibility index (Phi) is 7.76. The second kappa shape index (κ2) is 9.64. The van der Waals surface area contributed by atoms with Crippen molar-refractivity contribution in [2.45, 2.75) is 43.8 Å². The van der Waals surface area contributed by atoms with Gasteiger partial charge >= 0.3 is 0 Å². The molecule has 20 heavy (non-hydrogen) atoms. The van der Waals surface area contributed by atoms with Crippen molar-refractivity contribution in [3.8, 4) is 0 Å². The maximum atomic E-state index is 11.8. The predicted octanol–water partition coefficient (Wildman–Crippen LogP) is 1.46. The Hall–Kier alpha value is -0.260. The first-order valence-corrected chi connectivity index (χ1v) is 9.21. The molecular weight excluding hydrogens is 270 g/mol. The molecule has 2 N–H and O–H groups in total. The van der Waals surface area contributed by atoms with Gasteiger partial charge in [-0.2, -0.15) is 0 Å². The second-order valence-corrected chi connectivity index (χ2v) is 7.15. The molecule has 0 atom stereocenters. The number of hydrogen-bond donors (Lipinski definition) is 2. The highest BCUT2D eigenvalue weighted by atomic mass is 32.2. The Morgan fingerprint density at radius 3 is 2.55 bits per heavy atom. The van der Waals surface area contributed by atoms with Crippen molar-refractivity contribution in [1.29, 1.82) is 0 Å². The molecule has 4 nitrogen and oxygen atoms in total. The monoisotopic (exact) mass is 299 g/mol. The van der Waals surface area contributed by atoms with E-state index in [1.54, 1.807) is 0 Å². The highest BCUT2D eigenvalue weighted by molar-refractivity contribution is 8.00. The molecule has 0 radical (unpaired) electrons. The van der Waals surface area contributed by atoms with Gasteiger partial charge < -0.3 is 15.5 Å². The first kappa shape index (κ1) is 16.1. The molecular formula is C15H29N3OS. The lowest BCUT2D eigenvalue weighted by Crippen LogP contribution is -2.36. The molecule has 0 bridgehead atoms. The molecule has 2 aliphatic rings. The molecule has 2 rings (SSSR count). The third-order valence-electron chi connectivity index (χ3n) is 4.19. The lowest BCUT2D eigenvalue weighted by Gasteiger charge is -2.22. The fourth-order valence-corrected chi connectivity index (χ4v) is 3.98. The first-order chi connectivity index (χ1) is 9.84. The summed E-state index contributed by atoms with van der Waals surface area (Å²) in [6.45, 7) is 6.46. The molecule has 116 valence electrons. The minimum absolute atomic E-state index is 0.211. The molecule has 2 heterocycles. The smallest absolute Gasteiger partial charge is 0.230 e. The fourth-order valence-electron chi connectivity index (χ4n) is 2.92. The standard InChI is InChI=1S/C15H29N3OS/c19-15(13-20-14-5-7-16-8-6-14)17-9-12-18-10-3-1-2-4-11-18/h14,16H,1-13H2,(H,17,19).